The standard InChI is InChI=1S/C16H19Cl2N3/c1-10(17)16-19-13-8-12(18)2-3-14(13)21(16)15-9-20-6-4-11(15)5-7-20/h2-3,8,10-11,15H,4-7,9H2,1H3. The van der Waals surface area contributed by atoms with Gasteiger partial charge in [-0.25, -0.2) is 4.98 Å². The first-order chi connectivity index (χ1) is 10.1. The highest BCUT2D eigenvalue weighted by molar-refractivity contribution is 6.31. The van der Waals surface area contributed by atoms with Crippen LogP contribution in [0.4, 0.5) is 0 Å². The van der Waals surface area contributed by atoms with Gasteiger partial charge in [0.1, 0.15) is 5.82 Å². The zero-order valence-corrected chi connectivity index (χ0v) is 13.6. The molecule has 0 spiro atoms. The molecule has 1 aromatic heterocycles. The van der Waals surface area contributed by atoms with Crippen LogP contribution in [0.5, 0.6) is 0 Å². The fourth-order valence-electron chi connectivity index (χ4n) is 3.95. The Hall–Kier alpha value is -0.770. The second-order valence-electron chi connectivity index (χ2n) is 6.29. The Bertz CT molecular complexity index is 671. The average Bonchev–Trinajstić information content (AvgIpc) is 2.87. The number of fused-ring (bicyclic) bond motifs is 4. The highest BCUT2D eigenvalue weighted by Gasteiger charge is 2.37. The molecule has 3 saturated heterocycles. The molecule has 112 valence electrons. The van der Waals surface area contributed by atoms with Crippen molar-refractivity contribution in [2.45, 2.75) is 31.2 Å². The summed E-state index contributed by atoms with van der Waals surface area (Å²) in [6.45, 7) is 5.61. The molecule has 21 heavy (non-hydrogen) atoms. The van der Waals surface area contributed by atoms with E-state index in [4.69, 9.17) is 28.2 Å². The third kappa shape index (κ3) is 2.26. The number of alkyl halides is 1. The topological polar surface area (TPSA) is 21.1 Å². The van der Waals surface area contributed by atoms with Gasteiger partial charge in [-0.1, -0.05) is 11.6 Å². The van der Waals surface area contributed by atoms with Gasteiger partial charge >= 0.3 is 0 Å². The van der Waals surface area contributed by atoms with Crippen LogP contribution >= 0.6 is 23.2 Å². The summed E-state index contributed by atoms with van der Waals surface area (Å²) in [6.07, 6.45) is 2.57. The zero-order valence-electron chi connectivity index (χ0n) is 12.1. The van der Waals surface area contributed by atoms with Gasteiger partial charge in [0.15, 0.2) is 0 Å². The maximum Gasteiger partial charge on any atom is 0.128 e. The Balaban J connectivity index is 1.88. The molecular weight excluding hydrogens is 305 g/mol. The third-order valence-electron chi connectivity index (χ3n) is 4.99. The van der Waals surface area contributed by atoms with Gasteiger partial charge in [-0.3, -0.25) is 0 Å². The number of hydrogen-bond donors (Lipinski definition) is 0. The number of piperidine rings is 3. The number of imidazole rings is 1. The van der Waals surface area contributed by atoms with E-state index in [1.165, 1.54) is 31.4 Å². The maximum atomic E-state index is 6.41. The van der Waals surface area contributed by atoms with Crippen molar-refractivity contribution >= 4 is 34.2 Å². The minimum Gasteiger partial charge on any atom is -0.322 e. The molecule has 1 aromatic carbocycles. The molecule has 0 N–H and O–H groups in total. The Morgan fingerprint density at radius 2 is 2.05 bits per heavy atom. The minimum atomic E-state index is -0.0911. The molecule has 3 fully saturated rings. The molecule has 2 aromatic rings. The molecule has 2 unspecified atom stereocenters. The molecular formula is C16H19Cl2N3. The molecule has 5 rings (SSSR count). The van der Waals surface area contributed by atoms with Crippen LogP contribution in [0.15, 0.2) is 18.2 Å². The number of nitrogens with zero attached hydrogens (tertiary/aromatic N) is 3. The fraction of sp³-hybridized carbons (Fsp3) is 0.562. The number of benzene rings is 1. The van der Waals surface area contributed by atoms with E-state index in [-0.39, 0.29) is 5.38 Å². The van der Waals surface area contributed by atoms with Crippen molar-refractivity contribution in [1.29, 1.82) is 0 Å². The Kier molecular flexibility index (Phi) is 3.40. The fourth-order valence-corrected chi connectivity index (χ4v) is 4.27. The highest BCUT2D eigenvalue weighted by atomic mass is 35.5. The lowest BCUT2D eigenvalue weighted by Crippen LogP contribution is -2.48. The largest absolute Gasteiger partial charge is 0.322 e. The van der Waals surface area contributed by atoms with E-state index in [2.05, 4.69) is 15.5 Å². The second kappa shape index (κ2) is 5.15. The van der Waals surface area contributed by atoms with Gasteiger partial charge < -0.3 is 9.47 Å². The van der Waals surface area contributed by atoms with Crippen LogP contribution in [0.3, 0.4) is 0 Å². The van der Waals surface area contributed by atoms with Crippen molar-refractivity contribution < 1.29 is 0 Å². The van der Waals surface area contributed by atoms with Crippen molar-refractivity contribution in [1.82, 2.24) is 14.5 Å². The minimum absolute atomic E-state index is 0.0911. The zero-order chi connectivity index (χ0) is 14.6. The molecule has 2 atom stereocenters. The molecule has 0 amide bonds. The number of aromatic nitrogens is 2. The third-order valence-corrected chi connectivity index (χ3v) is 5.42. The first-order valence-corrected chi connectivity index (χ1v) is 8.49. The van der Waals surface area contributed by atoms with Gasteiger partial charge in [-0.15, -0.1) is 11.6 Å². The van der Waals surface area contributed by atoms with E-state index in [1.807, 2.05) is 19.1 Å². The lowest BCUT2D eigenvalue weighted by Gasteiger charge is -2.46. The van der Waals surface area contributed by atoms with Gasteiger partial charge in [0.05, 0.1) is 22.5 Å². The quantitative estimate of drug-likeness (QED) is 0.770. The second-order valence-corrected chi connectivity index (χ2v) is 7.39. The van der Waals surface area contributed by atoms with E-state index < -0.39 is 0 Å². The van der Waals surface area contributed by atoms with Crippen LogP contribution in [0.1, 0.15) is 37.0 Å². The first kappa shape index (κ1) is 13.9. The molecule has 3 aliphatic heterocycles. The van der Waals surface area contributed by atoms with Crippen molar-refractivity contribution in [3.8, 4) is 0 Å². The molecule has 0 radical (unpaired) electrons. The summed E-state index contributed by atoms with van der Waals surface area (Å²) in [5.74, 6) is 1.73. The molecule has 2 bridgehead atoms. The van der Waals surface area contributed by atoms with Crippen LogP contribution in [-0.4, -0.2) is 34.1 Å². The summed E-state index contributed by atoms with van der Waals surface area (Å²) < 4.78 is 2.39. The van der Waals surface area contributed by atoms with Crippen LogP contribution in [-0.2, 0) is 0 Å². The van der Waals surface area contributed by atoms with Gasteiger partial charge in [0.2, 0.25) is 0 Å². The molecule has 3 nitrogen and oxygen atoms in total. The van der Waals surface area contributed by atoms with Gasteiger partial charge in [-0.2, -0.15) is 0 Å². The summed E-state index contributed by atoms with van der Waals surface area (Å²) in [4.78, 5) is 7.32. The van der Waals surface area contributed by atoms with E-state index in [1.54, 1.807) is 0 Å². The predicted molar refractivity (Wildman–Crippen MR) is 87.2 cm³/mol. The average molecular weight is 324 g/mol. The summed E-state index contributed by atoms with van der Waals surface area (Å²) in [6, 6.07) is 6.48. The summed E-state index contributed by atoms with van der Waals surface area (Å²) >= 11 is 12.5. The first-order valence-electron chi connectivity index (χ1n) is 7.67. The van der Waals surface area contributed by atoms with E-state index >= 15 is 0 Å². The summed E-state index contributed by atoms with van der Waals surface area (Å²) in [5.41, 5.74) is 2.13. The molecule has 0 aliphatic carbocycles. The lowest BCUT2D eigenvalue weighted by molar-refractivity contribution is 0.0575. The summed E-state index contributed by atoms with van der Waals surface area (Å²) in [7, 11) is 0. The monoisotopic (exact) mass is 323 g/mol. The van der Waals surface area contributed by atoms with Crippen LogP contribution < -0.4 is 0 Å². The van der Waals surface area contributed by atoms with E-state index in [0.29, 0.717) is 6.04 Å². The van der Waals surface area contributed by atoms with Crippen molar-refractivity contribution in [3.05, 3.63) is 29.0 Å². The van der Waals surface area contributed by atoms with Crippen molar-refractivity contribution in [2.75, 3.05) is 19.6 Å². The molecule has 5 heteroatoms. The van der Waals surface area contributed by atoms with Crippen LogP contribution in [0, 0.1) is 5.92 Å². The van der Waals surface area contributed by atoms with Crippen molar-refractivity contribution in [3.63, 3.8) is 0 Å². The van der Waals surface area contributed by atoms with Crippen LogP contribution in [0.25, 0.3) is 11.0 Å². The summed E-state index contributed by atoms with van der Waals surface area (Å²) in [5, 5.41) is 0.640. The maximum absolute atomic E-state index is 6.41. The van der Waals surface area contributed by atoms with E-state index in [9.17, 15) is 0 Å². The molecule has 4 heterocycles. The number of rotatable bonds is 2. The van der Waals surface area contributed by atoms with Crippen molar-refractivity contribution in [2.24, 2.45) is 5.92 Å². The van der Waals surface area contributed by atoms with Gasteiger partial charge in [0.25, 0.3) is 0 Å². The molecule has 0 saturated carbocycles. The van der Waals surface area contributed by atoms with E-state index in [0.717, 1.165) is 28.8 Å². The SMILES string of the molecule is CC(Cl)c1nc2cc(Cl)ccc2n1C1CN2CCC1CC2. The van der Waals surface area contributed by atoms with Gasteiger partial charge in [0, 0.05) is 11.6 Å². The Morgan fingerprint density at radius 1 is 1.29 bits per heavy atom. The predicted octanol–water partition coefficient (Wildman–Crippen LogP) is 4.26. The Labute approximate surface area is 134 Å². The molecule has 3 aliphatic rings. The lowest BCUT2D eigenvalue weighted by atomic mass is 9.83. The Morgan fingerprint density at radius 3 is 2.67 bits per heavy atom. The highest BCUT2D eigenvalue weighted by Crippen LogP contribution is 2.40. The van der Waals surface area contributed by atoms with Crippen LogP contribution in [0.2, 0.25) is 5.02 Å². The number of hydrogen-bond acceptors (Lipinski definition) is 2. The number of halogens is 2. The normalized spacial score (nSPS) is 30.0. The smallest absolute Gasteiger partial charge is 0.128 e. The van der Waals surface area contributed by atoms with Gasteiger partial charge in [-0.05, 0) is 57.0 Å².